The molecule has 0 amide bonds. The number of esters is 4. The molecule has 0 aromatic carbocycles. The summed E-state index contributed by atoms with van der Waals surface area (Å²) in [6.45, 7) is 14.1. The summed E-state index contributed by atoms with van der Waals surface area (Å²) in [5.74, 6) is 0.890. The van der Waals surface area contributed by atoms with Crippen LogP contribution in [0.2, 0.25) is 0 Å². The third-order valence-corrected chi connectivity index (χ3v) is 19.5. The van der Waals surface area contributed by atoms with E-state index in [-0.39, 0.29) is 25.7 Å². The molecular formula is C76H148O17P2. The van der Waals surface area contributed by atoms with Crippen molar-refractivity contribution in [2.75, 3.05) is 39.6 Å². The van der Waals surface area contributed by atoms with Gasteiger partial charge in [-0.2, -0.15) is 0 Å². The molecule has 0 rings (SSSR count). The molecule has 19 heteroatoms. The molecule has 95 heavy (non-hydrogen) atoms. The van der Waals surface area contributed by atoms with Crippen LogP contribution in [0.3, 0.4) is 0 Å². The molecule has 17 nitrogen and oxygen atoms in total. The van der Waals surface area contributed by atoms with Crippen molar-refractivity contribution in [2.24, 2.45) is 23.7 Å². The summed E-state index contributed by atoms with van der Waals surface area (Å²) in [4.78, 5) is 72.8. The van der Waals surface area contributed by atoms with Gasteiger partial charge in [-0.15, -0.1) is 0 Å². The van der Waals surface area contributed by atoms with Crippen LogP contribution in [-0.2, 0) is 65.4 Å². The maximum Gasteiger partial charge on any atom is 0.472 e. The summed E-state index contributed by atoms with van der Waals surface area (Å²) >= 11 is 0. The first-order chi connectivity index (χ1) is 45.6. The van der Waals surface area contributed by atoms with Gasteiger partial charge >= 0.3 is 39.5 Å². The van der Waals surface area contributed by atoms with Gasteiger partial charge in [0.2, 0.25) is 0 Å². The number of phosphoric acid groups is 2. The molecule has 0 aliphatic carbocycles. The van der Waals surface area contributed by atoms with Crippen molar-refractivity contribution in [2.45, 2.75) is 401 Å². The second-order valence-corrected chi connectivity index (χ2v) is 32.2. The van der Waals surface area contributed by atoms with Crippen molar-refractivity contribution >= 4 is 39.5 Å². The highest BCUT2D eigenvalue weighted by atomic mass is 31.2. The number of ether oxygens (including phenoxy) is 4. The zero-order chi connectivity index (χ0) is 70.3. The van der Waals surface area contributed by atoms with Gasteiger partial charge in [0.15, 0.2) is 12.2 Å². The number of aliphatic hydroxyl groups is 1. The SMILES string of the molecule is CC(C)CCCCCCCCCCCCCCCCCC(=O)O[C@H](COC(=O)CCCCCCCCC(C)C)COP(=O)(O)OCC(O)COP(=O)(O)OC[C@@H](COC(=O)CCCCCCCCCCCC(C)C)OC(=O)CCCCCCCCCCCCCCCC(C)C. The van der Waals surface area contributed by atoms with Gasteiger partial charge in [-0.3, -0.25) is 37.3 Å². The molecular weight excluding hydrogens is 1250 g/mol. The largest absolute Gasteiger partial charge is 0.472 e. The van der Waals surface area contributed by atoms with E-state index in [1.54, 1.807) is 0 Å². The Hall–Kier alpha value is -1.94. The van der Waals surface area contributed by atoms with Gasteiger partial charge in [0.25, 0.3) is 0 Å². The predicted molar refractivity (Wildman–Crippen MR) is 386 cm³/mol. The van der Waals surface area contributed by atoms with E-state index in [2.05, 4.69) is 55.4 Å². The highest BCUT2D eigenvalue weighted by Gasteiger charge is 2.30. The number of hydrogen-bond acceptors (Lipinski definition) is 15. The minimum Gasteiger partial charge on any atom is -0.462 e. The third-order valence-electron chi connectivity index (χ3n) is 17.6. The first-order valence-corrected chi connectivity index (χ1v) is 42.2. The quantitative estimate of drug-likeness (QED) is 0.0222. The maximum atomic E-state index is 13.1. The van der Waals surface area contributed by atoms with E-state index in [0.717, 1.165) is 114 Å². The van der Waals surface area contributed by atoms with Crippen LogP contribution in [0.15, 0.2) is 0 Å². The Morgan fingerprint density at radius 1 is 0.263 bits per heavy atom. The number of carbonyl (C=O) groups excluding carboxylic acids is 4. The molecule has 3 unspecified atom stereocenters. The van der Waals surface area contributed by atoms with Gasteiger partial charge < -0.3 is 33.8 Å². The van der Waals surface area contributed by atoms with E-state index < -0.39 is 97.5 Å². The number of unbranched alkanes of at least 4 members (excludes halogenated alkanes) is 39. The topological polar surface area (TPSA) is 237 Å². The second-order valence-electron chi connectivity index (χ2n) is 29.3. The summed E-state index contributed by atoms with van der Waals surface area (Å²) < 4.78 is 68.5. The fourth-order valence-corrected chi connectivity index (χ4v) is 13.1. The van der Waals surface area contributed by atoms with Gasteiger partial charge in [-0.05, 0) is 49.4 Å². The van der Waals surface area contributed by atoms with Gasteiger partial charge in [-0.25, -0.2) is 9.13 Å². The fourth-order valence-electron chi connectivity index (χ4n) is 11.6. The molecule has 0 fully saturated rings. The average molecular weight is 1400 g/mol. The van der Waals surface area contributed by atoms with Crippen molar-refractivity contribution in [1.82, 2.24) is 0 Å². The van der Waals surface area contributed by atoms with Crippen molar-refractivity contribution in [1.29, 1.82) is 0 Å². The zero-order valence-electron chi connectivity index (χ0n) is 62.3. The number of phosphoric ester groups is 2. The minimum absolute atomic E-state index is 0.106. The summed E-state index contributed by atoms with van der Waals surface area (Å²) in [6, 6.07) is 0. The van der Waals surface area contributed by atoms with E-state index in [1.165, 1.54) is 180 Å². The van der Waals surface area contributed by atoms with E-state index in [0.29, 0.717) is 31.6 Å². The van der Waals surface area contributed by atoms with Crippen molar-refractivity contribution in [3.8, 4) is 0 Å². The number of carbonyl (C=O) groups is 4. The first kappa shape index (κ1) is 93.1. The van der Waals surface area contributed by atoms with Crippen LogP contribution in [0.25, 0.3) is 0 Å². The lowest BCUT2D eigenvalue weighted by atomic mass is 10.0. The Kier molecular flexibility index (Phi) is 64.0. The Morgan fingerprint density at radius 2 is 0.442 bits per heavy atom. The molecule has 0 aliphatic heterocycles. The van der Waals surface area contributed by atoms with Crippen molar-refractivity contribution in [3.63, 3.8) is 0 Å². The van der Waals surface area contributed by atoms with Gasteiger partial charge in [0, 0.05) is 25.7 Å². The molecule has 0 saturated heterocycles. The molecule has 0 aromatic rings. The first-order valence-electron chi connectivity index (χ1n) is 39.2. The molecule has 0 spiro atoms. The monoisotopic (exact) mass is 1400 g/mol. The number of hydrogen-bond donors (Lipinski definition) is 3. The highest BCUT2D eigenvalue weighted by molar-refractivity contribution is 7.47. The van der Waals surface area contributed by atoms with Crippen LogP contribution in [0.4, 0.5) is 0 Å². The van der Waals surface area contributed by atoms with Crippen molar-refractivity contribution in [3.05, 3.63) is 0 Å². The predicted octanol–water partition coefficient (Wildman–Crippen LogP) is 22.0. The molecule has 3 N–H and O–H groups in total. The molecule has 5 atom stereocenters. The Balaban J connectivity index is 5.22. The number of rotatable bonds is 73. The van der Waals surface area contributed by atoms with Gasteiger partial charge in [0.05, 0.1) is 26.4 Å². The molecule has 0 saturated carbocycles. The third kappa shape index (κ3) is 70.3. The standard InChI is InChI=1S/C76H148O17P2/c1-66(2)52-44-36-28-22-17-13-10-9-11-15-19-25-32-42-50-58-76(81)93-72(63-87-74(79)57-49-41-35-34-39-47-55-69(7)8)65-91-95(84,85)89-61-70(77)60-88-94(82,83)90-64-71(62-86-73(78)56-48-40-31-27-21-24-30-38-46-54-68(5)6)92-75(80)59-51-43-33-26-20-16-12-14-18-23-29-37-45-53-67(3)4/h66-72,77H,9-65H2,1-8H3,(H,82,83)(H,84,85)/t70?,71-,72-/m1/s1. The van der Waals surface area contributed by atoms with Crippen LogP contribution in [0, 0.1) is 23.7 Å². The van der Waals surface area contributed by atoms with Crippen molar-refractivity contribution < 1.29 is 80.2 Å². The Bertz CT molecular complexity index is 1870. The van der Waals surface area contributed by atoms with Crippen LogP contribution in [0.5, 0.6) is 0 Å². The van der Waals surface area contributed by atoms with E-state index in [1.807, 2.05) is 0 Å². The lowest BCUT2D eigenvalue weighted by Crippen LogP contribution is -2.30. The van der Waals surface area contributed by atoms with E-state index in [9.17, 15) is 43.2 Å². The van der Waals surface area contributed by atoms with E-state index in [4.69, 9.17) is 37.0 Å². The van der Waals surface area contributed by atoms with Crippen LogP contribution in [0.1, 0.15) is 383 Å². The fraction of sp³-hybridized carbons (Fsp3) is 0.947. The van der Waals surface area contributed by atoms with Crippen LogP contribution >= 0.6 is 15.6 Å². The molecule has 0 aliphatic rings. The molecule has 0 bridgehead atoms. The second kappa shape index (κ2) is 65.4. The Morgan fingerprint density at radius 3 is 0.653 bits per heavy atom. The number of aliphatic hydroxyl groups excluding tert-OH is 1. The van der Waals surface area contributed by atoms with E-state index >= 15 is 0 Å². The average Bonchev–Trinajstić information content (AvgIpc) is 1.67. The smallest absolute Gasteiger partial charge is 0.462 e. The zero-order valence-corrected chi connectivity index (χ0v) is 64.1. The minimum atomic E-state index is -4.96. The maximum absolute atomic E-state index is 13.1. The van der Waals surface area contributed by atoms with Gasteiger partial charge in [-0.1, -0.05) is 331 Å². The molecule has 0 heterocycles. The summed E-state index contributed by atoms with van der Waals surface area (Å²) in [6.07, 6.45) is 50.1. The van der Waals surface area contributed by atoms with Crippen LogP contribution < -0.4 is 0 Å². The lowest BCUT2D eigenvalue weighted by Gasteiger charge is -2.21. The summed E-state index contributed by atoms with van der Waals surface area (Å²) in [7, 11) is -9.91. The molecule has 0 aromatic heterocycles. The lowest BCUT2D eigenvalue weighted by molar-refractivity contribution is -0.161. The van der Waals surface area contributed by atoms with Crippen LogP contribution in [-0.4, -0.2) is 96.7 Å². The Labute approximate surface area is 581 Å². The van der Waals surface area contributed by atoms with Gasteiger partial charge in [0.1, 0.15) is 19.3 Å². The highest BCUT2D eigenvalue weighted by Crippen LogP contribution is 2.45. The molecule has 564 valence electrons. The molecule has 0 radical (unpaired) electrons. The summed E-state index contributed by atoms with van der Waals surface area (Å²) in [5.41, 5.74) is 0. The normalized spacial score (nSPS) is 14.1. The summed E-state index contributed by atoms with van der Waals surface area (Å²) in [5, 5.41) is 10.6.